The molecule has 16 heteroatoms. The van der Waals surface area contributed by atoms with Crippen LogP contribution < -0.4 is 31.9 Å². The van der Waals surface area contributed by atoms with Gasteiger partial charge in [-0.2, -0.15) is 0 Å². The molecule has 2 saturated heterocycles. The van der Waals surface area contributed by atoms with Crippen LogP contribution in [0.1, 0.15) is 138 Å². The summed E-state index contributed by atoms with van der Waals surface area (Å²) < 4.78 is 12.7. The highest BCUT2D eigenvalue weighted by Gasteiger charge is 2.45. The van der Waals surface area contributed by atoms with E-state index in [1.54, 1.807) is 37.7 Å². The van der Waals surface area contributed by atoms with E-state index in [1.165, 1.54) is 0 Å². The Kier molecular flexibility index (Phi) is 19.2. The molecule has 74 heavy (non-hydrogen) atoms. The zero-order valence-electron chi connectivity index (χ0n) is 43.8. The van der Waals surface area contributed by atoms with E-state index < -0.39 is 48.3 Å². The summed E-state index contributed by atoms with van der Waals surface area (Å²) in [6.45, 7) is 4.62. The summed E-state index contributed by atoms with van der Waals surface area (Å²) in [6, 6.07) is 11.5. The minimum Gasteiger partial charge on any atom is -0.363 e. The zero-order valence-corrected chi connectivity index (χ0v) is 43.8. The number of rotatable bonds is 18. The lowest BCUT2D eigenvalue weighted by atomic mass is 9.83. The third kappa shape index (κ3) is 13.0. The summed E-state index contributed by atoms with van der Waals surface area (Å²) in [5.74, 6) is 10.6. The number of carbonyl (C=O) groups is 6. The summed E-state index contributed by atoms with van der Waals surface area (Å²) in [7, 11) is 3.44. The van der Waals surface area contributed by atoms with Crippen LogP contribution in [0.4, 0.5) is 0 Å². The van der Waals surface area contributed by atoms with Crippen molar-refractivity contribution in [1.29, 1.82) is 0 Å². The van der Waals surface area contributed by atoms with Crippen molar-refractivity contribution in [1.82, 2.24) is 41.7 Å². The Morgan fingerprint density at radius 2 is 0.946 bits per heavy atom. The second kappa shape index (κ2) is 26.1. The molecule has 2 heterocycles. The van der Waals surface area contributed by atoms with E-state index in [1.807, 2.05) is 48.5 Å². The number of likely N-dealkylation sites (N-methyl/N-ethyl adjacent to an activating group) is 2. The van der Waals surface area contributed by atoms with Crippen LogP contribution in [0.25, 0.3) is 0 Å². The van der Waals surface area contributed by atoms with E-state index in [2.05, 4.69) is 55.6 Å². The summed E-state index contributed by atoms with van der Waals surface area (Å²) >= 11 is 0. The van der Waals surface area contributed by atoms with Gasteiger partial charge in [-0.1, -0.05) is 98.9 Å². The molecule has 0 spiro atoms. The summed E-state index contributed by atoms with van der Waals surface area (Å²) in [6.07, 6.45) is 12.6. The topological polar surface area (TPSA) is 200 Å². The van der Waals surface area contributed by atoms with Gasteiger partial charge < -0.3 is 51.2 Å². The van der Waals surface area contributed by atoms with Crippen LogP contribution >= 0.6 is 0 Å². The number of carbonyl (C=O) groups excluding carboxylic acids is 6. The third-order valence-corrected chi connectivity index (χ3v) is 16.6. The molecule has 2 aromatic rings. The number of hydrogen-bond acceptors (Lipinski definition) is 10. The first-order chi connectivity index (χ1) is 36.0. The van der Waals surface area contributed by atoms with Crippen molar-refractivity contribution in [3.63, 3.8) is 0 Å². The molecule has 2 aliphatic heterocycles. The van der Waals surface area contributed by atoms with Gasteiger partial charge in [0.15, 0.2) is 0 Å². The molecule has 1 unspecified atom stereocenters. The predicted octanol–water partition coefficient (Wildman–Crippen LogP) is 3.92. The van der Waals surface area contributed by atoms with E-state index in [4.69, 9.17) is 9.47 Å². The van der Waals surface area contributed by atoms with Gasteiger partial charge in [-0.25, -0.2) is 0 Å². The molecule has 398 valence electrons. The smallest absolute Gasteiger partial charge is 0.246 e. The Bertz CT molecular complexity index is 2280. The Hall–Kier alpha value is -5.78. The molecular weight excluding hydrogens is 937 g/mol. The predicted molar refractivity (Wildman–Crippen MR) is 281 cm³/mol. The van der Waals surface area contributed by atoms with Crippen molar-refractivity contribution in [2.45, 2.75) is 177 Å². The molecule has 2 saturated carbocycles. The number of nitrogens with zero attached hydrogens (tertiary/aromatic N) is 2. The first-order valence-electron chi connectivity index (χ1n) is 27.5. The van der Waals surface area contributed by atoms with Gasteiger partial charge in [-0.15, -0.1) is 0 Å². The first kappa shape index (κ1) is 54.5. The van der Waals surface area contributed by atoms with Gasteiger partial charge in [0.05, 0.1) is 36.4 Å². The number of likely N-dealkylation sites (tertiary alicyclic amines) is 2. The van der Waals surface area contributed by atoms with Crippen molar-refractivity contribution in [2.75, 3.05) is 40.4 Å². The van der Waals surface area contributed by atoms with E-state index in [-0.39, 0.29) is 72.7 Å². The number of hydrogen-bond donors (Lipinski definition) is 6. The fraction of sp³-hybridized carbons (Fsp3) is 0.621. The van der Waals surface area contributed by atoms with Gasteiger partial charge in [0.25, 0.3) is 0 Å². The van der Waals surface area contributed by atoms with Gasteiger partial charge in [0.2, 0.25) is 35.4 Å². The quantitative estimate of drug-likeness (QED) is 0.119. The number of ether oxygens (including phenoxy) is 2. The average Bonchev–Trinajstić information content (AvgIpc) is 4.26. The molecule has 0 aromatic heterocycles. The summed E-state index contributed by atoms with van der Waals surface area (Å²) in [5, 5.41) is 18.6. The lowest BCUT2D eigenvalue weighted by molar-refractivity contribution is -0.143. The minimum atomic E-state index is -0.679. The van der Waals surface area contributed by atoms with Crippen LogP contribution in [0, 0.1) is 35.5 Å². The zero-order chi connectivity index (χ0) is 52.1. The van der Waals surface area contributed by atoms with Gasteiger partial charge in [-0.05, 0) is 125 Å². The monoisotopic (exact) mass is 1010 g/mol. The molecular formula is C58H78N8O8. The van der Waals surface area contributed by atoms with Gasteiger partial charge >= 0.3 is 0 Å². The number of amides is 6. The Morgan fingerprint density at radius 3 is 1.34 bits per heavy atom. The molecule has 8 rings (SSSR count). The van der Waals surface area contributed by atoms with Crippen LogP contribution in [0.3, 0.4) is 0 Å². The van der Waals surface area contributed by atoms with Crippen molar-refractivity contribution < 1.29 is 38.2 Å². The number of nitrogens with one attached hydrogen (secondary N) is 6. The normalized spacial score (nSPS) is 25.2. The van der Waals surface area contributed by atoms with E-state index in [9.17, 15) is 28.8 Å². The highest BCUT2D eigenvalue weighted by Crippen LogP contribution is 2.37. The Balaban J connectivity index is 0.858. The molecule has 0 bridgehead atoms. The summed E-state index contributed by atoms with van der Waals surface area (Å²) in [4.78, 5) is 86.6. The van der Waals surface area contributed by atoms with Gasteiger partial charge in [0, 0.05) is 25.9 Å². The fourth-order valence-corrected chi connectivity index (χ4v) is 12.2. The molecule has 6 aliphatic rings. The molecule has 4 aliphatic carbocycles. The van der Waals surface area contributed by atoms with Crippen LogP contribution in [0.15, 0.2) is 48.5 Å². The summed E-state index contributed by atoms with van der Waals surface area (Å²) in [5.41, 5.74) is 4.10. The van der Waals surface area contributed by atoms with Crippen LogP contribution in [0.2, 0.25) is 0 Å². The highest BCUT2D eigenvalue weighted by molar-refractivity contribution is 5.95. The van der Waals surface area contributed by atoms with Crippen LogP contribution in [-0.2, 0) is 51.1 Å². The second-order valence-electron chi connectivity index (χ2n) is 21.2. The largest absolute Gasteiger partial charge is 0.363 e. The lowest BCUT2D eigenvalue weighted by Crippen LogP contribution is -2.58. The molecule has 16 nitrogen and oxygen atoms in total. The van der Waals surface area contributed by atoms with Crippen molar-refractivity contribution in [3.8, 4) is 23.7 Å². The van der Waals surface area contributed by atoms with Crippen molar-refractivity contribution >= 4 is 35.4 Å². The van der Waals surface area contributed by atoms with Gasteiger partial charge in [-0.3, -0.25) is 28.8 Å². The standard InChI is InChI=1S/C58H78N8O8/c1-37(59-3)53(67)61-49(39-21-9-7-10-22-39)57(71)65-31-19-29-45(65)55(69)63-51-43-27-15-13-25-41(43)35-47(51)73-33-17-5-6-18-34-74-48-36-42-26-14-16-28-44(42)52(48)64-56(70)46-30-20-32-66(46)58(72)50(40-23-11-8-12-24-40)62-54(68)38(2)60-4/h13-16,25-28,37-40,45-52,59-60H,7-12,19-24,29-36H2,1-4H3,(H,61,67)(H,62,68)(H,63,69)(H,64,70)/t37-,38-,45-,46-,47+,48+,49-,50?,51-,52-/m0/s1. The maximum atomic E-state index is 14.3. The lowest BCUT2D eigenvalue weighted by Gasteiger charge is -2.35. The van der Waals surface area contributed by atoms with E-state index in [0.717, 1.165) is 86.5 Å². The molecule has 0 radical (unpaired) electrons. The maximum absolute atomic E-state index is 14.3. The van der Waals surface area contributed by atoms with Crippen LogP contribution in [0.5, 0.6) is 0 Å². The molecule has 10 atom stereocenters. The van der Waals surface area contributed by atoms with Crippen LogP contribution in [-0.4, -0.2) is 134 Å². The van der Waals surface area contributed by atoms with E-state index in [0.29, 0.717) is 51.6 Å². The maximum Gasteiger partial charge on any atom is 0.246 e. The second-order valence-corrected chi connectivity index (χ2v) is 21.2. The van der Waals surface area contributed by atoms with Gasteiger partial charge in [0.1, 0.15) is 37.4 Å². The number of fused-ring (bicyclic) bond motifs is 2. The van der Waals surface area contributed by atoms with E-state index >= 15 is 0 Å². The fourth-order valence-electron chi connectivity index (χ4n) is 12.2. The van der Waals surface area contributed by atoms with Crippen molar-refractivity contribution in [2.24, 2.45) is 11.8 Å². The Morgan fingerprint density at radius 1 is 0.554 bits per heavy atom. The third-order valence-electron chi connectivity index (χ3n) is 16.6. The molecule has 2 aromatic carbocycles. The number of benzene rings is 2. The highest BCUT2D eigenvalue weighted by atomic mass is 16.5. The molecule has 6 N–H and O–H groups in total. The molecule has 4 fully saturated rings. The molecule has 6 amide bonds. The first-order valence-corrected chi connectivity index (χ1v) is 27.5. The Labute approximate surface area is 437 Å². The minimum absolute atomic E-state index is 0.0261. The SMILES string of the molecule is CN[C@@H](C)C(=O)NC(C(=O)N1CCC[C@H]1C(=O)N[C@H]1c2ccccc2C[C@H]1OCC#CC#CCO[C@@H]1Cc2ccccc2[C@@H]1NC(=O)[C@@H]1CCCN1C(=O)[C@@H](NC(=O)[C@H](C)NC)C1CCCCC1)C1CCCCC1. The average molecular weight is 1020 g/mol. The van der Waals surface area contributed by atoms with Crippen molar-refractivity contribution in [3.05, 3.63) is 70.8 Å².